The van der Waals surface area contributed by atoms with Gasteiger partial charge in [0.2, 0.25) is 0 Å². The average molecular weight is 145 g/mol. The van der Waals surface area contributed by atoms with Gasteiger partial charge in [-0.2, -0.15) is 0 Å². The van der Waals surface area contributed by atoms with E-state index in [9.17, 15) is 0 Å². The SMILES string of the molecule is CN(C)C1CCOC(O)C1. The predicted molar refractivity (Wildman–Crippen MR) is 38.7 cm³/mol. The van der Waals surface area contributed by atoms with Crippen LogP contribution in [0, 0.1) is 0 Å². The molecule has 2 unspecified atom stereocenters. The first-order valence-corrected chi connectivity index (χ1v) is 3.66. The van der Waals surface area contributed by atoms with Crippen molar-refractivity contribution in [1.29, 1.82) is 0 Å². The third-order valence-electron chi connectivity index (χ3n) is 1.97. The number of hydrogen-bond donors (Lipinski definition) is 1. The lowest BCUT2D eigenvalue weighted by Gasteiger charge is -2.30. The molecule has 0 aromatic heterocycles. The van der Waals surface area contributed by atoms with Crippen molar-refractivity contribution in [2.75, 3.05) is 20.7 Å². The van der Waals surface area contributed by atoms with Crippen LogP contribution < -0.4 is 0 Å². The summed E-state index contributed by atoms with van der Waals surface area (Å²) in [6.45, 7) is 0.685. The molecule has 2 atom stereocenters. The van der Waals surface area contributed by atoms with Crippen LogP contribution in [0.15, 0.2) is 0 Å². The zero-order valence-corrected chi connectivity index (χ0v) is 6.58. The van der Waals surface area contributed by atoms with Crippen molar-refractivity contribution in [3.8, 4) is 0 Å². The summed E-state index contributed by atoms with van der Waals surface area (Å²) < 4.78 is 4.99. The van der Waals surface area contributed by atoms with E-state index in [4.69, 9.17) is 9.84 Å². The minimum Gasteiger partial charge on any atom is -0.368 e. The zero-order chi connectivity index (χ0) is 7.56. The Morgan fingerprint density at radius 1 is 1.50 bits per heavy atom. The first kappa shape index (κ1) is 7.98. The summed E-state index contributed by atoms with van der Waals surface area (Å²) in [6, 6.07) is 0.490. The minimum absolute atomic E-state index is 0.490. The molecule has 1 aliphatic heterocycles. The molecular formula is C7H15NO2. The molecule has 0 aromatic carbocycles. The second kappa shape index (κ2) is 3.32. The van der Waals surface area contributed by atoms with Gasteiger partial charge < -0.3 is 14.7 Å². The van der Waals surface area contributed by atoms with E-state index in [1.54, 1.807) is 0 Å². The third-order valence-corrected chi connectivity index (χ3v) is 1.97. The standard InChI is InChI=1S/C7H15NO2/c1-8(2)6-3-4-10-7(9)5-6/h6-7,9H,3-5H2,1-2H3. The van der Waals surface area contributed by atoms with Gasteiger partial charge in [0.15, 0.2) is 6.29 Å². The fourth-order valence-corrected chi connectivity index (χ4v) is 1.23. The van der Waals surface area contributed by atoms with Crippen LogP contribution in [0.4, 0.5) is 0 Å². The smallest absolute Gasteiger partial charge is 0.156 e. The van der Waals surface area contributed by atoms with E-state index in [0.717, 1.165) is 12.8 Å². The summed E-state index contributed by atoms with van der Waals surface area (Å²) in [5.74, 6) is 0. The summed E-state index contributed by atoms with van der Waals surface area (Å²) in [7, 11) is 4.06. The van der Waals surface area contributed by atoms with E-state index in [1.165, 1.54) is 0 Å². The third kappa shape index (κ3) is 1.94. The van der Waals surface area contributed by atoms with Gasteiger partial charge in [0.25, 0.3) is 0 Å². The number of aliphatic hydroxyl groups excluding tert-OH is 1. The molecule has 3 nitrogen and oxygen atoms in total. The molecule has 1 N–H and O–H groups in total. The quantitative estimate of drug-likeness (QED) is 0.565. The van der Waals surface area contributed by atoms with Crippen molar-refractivity contribution < 1.29 is 9.84 Å². The molecule has 0 radical (unpaired) electrons. The Labute approximate surface area is 61.6 Å². The Balaban J connectivity index is 2.32. The van der Waals surface area contributed by atoms with E-state index in [1.807, 2.05) is 14.1 Å². The van der Waals surface area contributed by atoms with Gasteiger partial charge >= 0.3 is 0 Å². The van der Waals surface area contributed by atoms with Crippen LogP contribution in [-0.2, 0) is 4.74 Å². The lowest BCUT2D eigenvalue weighted by atomic mass is 10.1. The van der Waals surface area contributed by atoms with Gasteiger partial charge in [-0.3, -0.25) is 0 Å². The number of rotatable bonds is 1. The molecule has 1 aliphatic rings. The molecule has 3 heteroatoms. The number of aliphatic hydroxyl groups is 1. The van der Waals surface area contributed by atoms with E-state index in [0.29, 0.717) is 12.6 Å². The maximum absolute atomic E-state index is 9.08. The van der Waals surface area contributed by atoms with Crippen molar-refractivity contribution >= 4 is 0 Å². The first-order valence-electron chi connectivity index (χ1n) is 3.66. The topological polar surface area (TPSA) is 32.7 Å². The molecule has 1 rings (SSSR count). The van der Waals surface area contributed by atoms with Crippen molar-refractivity contribution in [3.63, 3.8) is 0 Å². The summed E-state index contributed by atoms with van der Waals surface area (Å²) in [4.78, 5) is 2.13. The van der Waals surface area contributed by atoms with Crippen LogP contribution in [-0.4, -0.2) is 43.0 Å². The van der Waals surface area contributed by atoms with Gasteiger partial charge in [0.1, 0.15) is 0 Å². The second-order valence-electron chi connectivity index (χ2n) is 2.97. The molecule has 1 heterocycles. The number of ether oxygens (including phenoxy) is 1. The van der Waals surface area contributed by atoms with Gasteiger partial charge in [-0.05, 0) is 20.5 Å². The van der Waals surface area contributed by atoms with Crippen LogP contribution in [0.5, 0.6) is 0 Å². The fraction of sp³-hybridized carbons (Fsp3) is 1.00. The van der Waals surface area contributed by atoms with E-state index in [2.05, 4.69) is 4.90 Å². The Morgan fingerprint density at radius 2 is 2.20 bits per heavy atom. The molecule has 10 heavy (non-hydrogen) atoms. The molecule has 0 saturated carbocycles. The minimum atomic E-state index is -0.541. The summed E-state index contributed by atoms with van der Waals surface area (Å²) in [5.41, 5.74) is 0. The van der Waals surface area contributed by atoms with Crippen LogP contribution in [0.1, 0.15) is 12.8 Å². The molecule has 1 fully saturated rings. The monoisotopic (exact) mass is 145 g/mol. The maximum Gasteiger partial charge on any atom is 0.156 e. The number of hydrogen-bond acceptors (Lipinski definition) is 3. The Hall–Kier alpha value is -0.120. The highest BCUT2D eigenvalue weighted by molar-refractivity contribution is 4.70. The summed E-state index contributed by atoms with van der Waals surface area (Å²) in [6.07, 6.45) is 1.23. The average Bonchev–Trinajstić information content (AvgIpc) is 1.88. The lowest BCUT2D eigenvalue weighted by Crippen LogP contribution is -2.38. The molecule has 1 saturated heterocycles. The second-order valence-corrected chi connectivity index (χ2v) is 2.97. The Morgan fingerprint density at radius 3 is 2.60 bits per heavy atom. The zero-order valence-electron chi connectivity index (χ0n) is 6.58. The predicted octanol–water partition coefficient (Wildman–Crippen LogP) is 0.0454. The molecule has 0 aromatic rings. The molecular weight excluding hydrogens is 130 g/mol. The van der Waals surface area contributed by atoms with Crippen LogP contribution >= 0.6 is 0 Å². The highest BCUT2D eigenvalue weighted by Gasteiger charge is 2.21. The summed E-state index contributed by atoms with van der Waals surface area (Å²) in [5, 5.41) is 9.08. The molecule has 0 spiro atoms. The highest BCUT2D eigenvalue weighted by Crippen LogP contribution is 2.14. The summed E-state index contributed by atoms with van der Waals surface area (Å²) >= 11 is 0. The molecule has 0 amide bonds. The van der Waals surface area contributed by atoms with Crippen molar-refractivity contribution in [2.45, 2.75) is 25.2 Å². The van der Waals surface area contributed by atoms with Gasteiger partial charge in [-0.1, -0.05) is 0 Å². The molecule has 0 bridgehead atoms. The van der Waals surface area contributed by atoms with E-state index >= 15 is 0 Å². The Bertz CT molecular complexity index is 106. The van der Waals surface area contributed by atoms with Crippen LogP contribution in [0.3, 0.4) is 0 Å². The van der Waals surface area contributed by atoms with Crippen LogP contribution in [0.2, 0.25) is 0 Å². The van der Waals surface area contributed by atoms with Gasteiger partial charge in [0, 0.05) is 12.5 Å². The Kier molecular flexibility index (Phi) is 2.65. The maximum atomic E-state index is 9.08. The van der Waals surface area contributed by atoms with Crippen LogP contribution in [0.25, 0.3) is 0 Å². The van der Waals surface area contributed by atoms with Gasteiger partial charge in [0.05, 0.1) is 6.61 Å². The lowest BCUT2D eigenvalue weighted by molar-refractivity contribution is -0.140. The van der Waals surface area contributed by atoms with E-state index in [-0.39, 0.29) is 0 Å². The highest BCUT2D eigenvalue weighted by atomic mass is 16.6. The van der Waals surface area contributed by atoms with E-state index < -0.39 is 6.29 Å². The number of nitrogens with zero attached hydrogens (tertiary/aromatic N) is 1. The first-order chi connectivity index (χ1) is 4.70. The van der Waals surface area contributed by atoms with Crippen molar-refractivity contribution in [2.24, 2.45) is 0 Å². The largest absolute Gasteiger partial charge is 0.368 e. The molecule has 60 valence electrons. The van der Waals surface area contributed by atoms with Crippen molar-refractivity contribution in [3.05, 3.63) is 0 Å². The fourth-order valence-electron chi connectivity index (χ4n) is 1.23. The molecule has 0 aliphatic carbocycles. The van der Waals surface area contributed by atoms with Gasteiger partial charge in [-0.15, -0.1) is 0 Å². The normalized spacial score (nSPS) is 34.8. The van der Waals surface area contributed by atoms with Crippen molar-refractivity contribution in [1.82, 2.24) is 4.90 Å². The van der Waals surface area contributed by atoms with Gasteiger partial charge in [-0.25, -0.2) is 0 Å².